The van der Waals surface area contributed by atoms with Crippen molar-refractivity contribution >= 4 is 17.7 Å². The Kier molecular flexibility index (Phi) is 8.59. The molecule has 0 aliphatic carbocycles. The molecule has 5 nitrogen and oxygen atoms in total. The highest BCUT2D eigenvalue weighted by Gasteiger charge is 2.23. The summed E-state index contributed by atoms with van der Waals surface area (Å²) in [6.45, 7) is 8.49. The summed E-state index contributed by atoms with van der Waals surface area (Å²) in [5.74, 6) is 0.489. The number of amides is 3. The number of rotatable bonds is 7. The van der Waals surface area contributed by atoms with Crippen molar-refractivity contribution in [2.75, 3.05) is 19.6 Å². The number of likely N-dealkylation sites (tertiary alicyclic amines) is 1. The zero-order valence-electron chi connectivity index (χ0n) is 14.7. The van der Waals surface area contributed by atoms with Gasteiger partial charge in [-0.3, -0.25) is 19.3 Å². The molecular weight excluding hydrogens is 292 g/mol. The van der Waals surface area contributed by atoms with Crippen LogP contribution in [0.15, 0.2) is 12.2 Å². The van der Waals surface area contributed by atoms with Gasteiger partial charge >= 0.3 is 0 Å². The summed E-state index contributed by atoms with van der Waals surface area (Å²) >= 11 is 0. The van der Waals surface area contributed by atoms with Gasteiger partial charge in [-0.15, -0.1) is 0 Å². The van der Waals surface area contributed by atoms with E-state index in [0.29, 0.717) is 18.9 Å². The number of carbonyl (C=O) groups is 3. The van der Waals surface area contributed by atoms with Crippen LogP contribution < -0.4 is 0 Å². The van der Waals surface area contributed by atoms with Crippen molar-refractivity contribution in [1.82, 2.24) is 9.80 Å². The minimum Gasteiger partial charge on any atom is -0.342 e. The van der Waals surface area contributed by atoms with Crippen molar-refractivity contribution in [3.63, 3.8) is 0 Å². The second-order valence-electron chi connectivity index (χ2n) is 6.06. The van der Waals surface area contributed by atoms with Gasteiger partial charge in [-0.05, 0) is 25.2 Å². The number of hydrogen-bond acceptors (Lipinski definition) is 3. The summed E-state index contributed by atoms with van der Waals surface area (Å²) in [4.78, 5) is 37.9. The number of imide groups is 1. The quantitative estimate of drug-likeness (QED) is 0.535. The molecule has 3 amide bonds. The van der Waals surface area contributed by atoms with Crippen LogP contribution in [0.2, 0.25) is 0 Å². The van der Waals surface area contributed by atoms with Crippen molar-refractivity contribution in [3.05, 3.63) is 12.2 Å². The maximum atomic E-state index is 11.9. The molecule has 1 saturated heterocycles. The van der Waals surface area contributed by atoms with Gasteiger partial charge in [0.2, 0.25) is 5.91 Å². The second-order valence-corrected chi connectivity index (χ2v) is 6.06. The molecule has 1 unspecified atom stereocenters. The SMILES string of the molecule is CC.CC1CCN(C(=O)CCCCCCN2C(=O)C=CC2=O)C1. The molecule has 0 bridgehead atoms. The van der Waals surface area contributed by atoms with Gasteiger partial charge < -0.3 is 4.90 Å². The average molecular weight is 322 g/mol. The average Bonchev–Trinajstić information content (AvgIpc) is 3.12. The molecule has 0 aromatic carbocycles. The Bertz CT molecular complexity index is 428. The molecule has 1 atom stereocenters. The fourth-order valence-corrected chi connectivity index (χ4v) is 2.87. The predicted molar refractivity (Wildman–Crippen MR) is 90.7 cm³/mol. The van der Waals surface area contributed by atoms with Gasteiger partial charge in [0.15, 0.2) is 0 Å². The Balaban J connectivity index is 0.00000127. The van der Waals surface area contributed by atoms with Crippen molar-refractivity contribution in [2.24, 2.45) is 5.92 Å². The van der Waals surface area contributed by atoms with Crippen molar-refractivity contribution < 1.29 is 14.4 Å². The Hall–Kier alpha value is -1.65. The van der Waals surface area contributed by atoms with Gasteiger partial charge in [-0.25, -0.2) is 0 Å². The Morgan fingerprint density at radius 2 is 1.70 bits per heavy atom. The lowest BCUT2D eigenvalue weighted by molar-refractivity contribution is -0.136. The molecule has 1 fully saturated rings. The van der Waals surface area contributed by atoms with Crippen molar-refractivity contribution in [2.45, 2.75) is 59.3 Å². The maximum absolute atomic E-state index is 11.9. The van der Waals surface area contributed by atoms with Crippen LogP contribution in [-0.4, -0.2) is 47.2 Å². The molecule has 0 aromatic rings. The fraction of sp³-hybridized carbons (Fsp3) is 0.722. The third kappa shape index (κ3) is 6.16. The highest BCUT2D eigenvalue weighted by Crippen LogP contribution is 2.17. The van der Waals surface area contributed by atoms with E-state index < -0.39 is 0 Å². The Morgan fingerprint density at radius 3 is 2.26 bits per heavy atom. The van der Waals surface area contributed by atoms with Crippen LogP contribution >= 0.6 is 0 Å². The molecule has 0 saturated carbocycles. The summed E-state index contributed by atoms with van der Waals surface area (Å²) in [6, 6.07) is 0. The minimum atomic E-state index is -0.210. The zero-order chi connectivity index (χ0) is 17.2. The molecule has 2 aliphatic rings. The first-order valence-electron chi connectivity index (χ1n) is 8.89. The number of carbonyl (C=O) groups excluding carboxylic acids is 3. The van der Waals surface area contributed by atoms with Crippen LogP contribution in [0, 0.1) is 5.92 Å². The van der Waals surface area contributed by atoms with E-state index in [1.54, 1.807) is 0 Å². The summed E-state index contributed by atoms with van der Waals surface area (Å²) in [5.41, 5.74) is 0. The Morgan fingerprint density at radius 1 is 1.09 bits per heavy atom. The normalized spacial score (nSPS) is 20.0. The molecule has 2 heterocycles. The van der Waals surface area contributed by atoms with Gasteiger partial charge in [-0.2, -0.15) is 0 Å². The first-order valence-corrected chi connectivity index (χ1v) is 8.89. The van der Waals surface area contributed by atoms with E-state index in [1.807, 2.05) is 18.7 Å². The van der Waals surface area contributed by atoms with E-state index >= 15 is 0 Å². The van der Waals surface area contributed by atoms with E-state index in [2.05, 4.69) is 6.92 Å². The first kappa shape index (κ1) is 19.4. The van der Waals surface area contributed by atoms with Crippen LogP contribution in [0.3, 0.4) is 0 Å². The second kappa shape index (κ2) is 10.2. The van der Waals surface area contributed by atoms with Crippen molar-refractivity contribution in [3.8, 4) is 0 Å². The van der Waals surface area contributed by atoms with E-state index in [9.17, 15) is 14.4 Å². The summed E-state index contributed by atoms with van der Waals surface area (Å²) < 4.78 is 0. The molecule has 23 heavy (non-hydrogen) atoms. The van der Waals surface area contributed by atoms with Crippen molar-refractivity contribution in [1.29, 1.82) is 0 Å². The molecule has 0 spiro atoms. The fourth-order valence-electron chi connectivity index (χ4n) is 2.87. The van der Waals surface area contributed by atoms with Crippen LogP contribution in [0.4, 0.5) is 0 Å². The van der Waals surface area contributed by atoms with Crippen LogP contribution in [0.25, 0.3) is 0 Å². The van der Waals surface area contributed by atoms with Gasteiger partial charge in [0.25, 0.3) is 11.8 Å². The molecule has 2 rings (SSSR count). The highest BCUT2D eigenvalue weighted by molar-refractivity contribution is 6.12. The van der Waals surface area contributed by atoms with Gasteiger partial charge in [0, 0.05) is 38.2 Å². The topological polar surface area (TPSA) is 57.7 Å². The monoisotopic (exact) mass is 322 g/mol. The number of nitrogens with zero attached hydrogens (tertiary/aromatic N) is 2. The number of unbranched alkanes of at least 4 members (excludes halogenated alkanes) is 3. The number of hydrogen-bond donors (Lipinski definition) is 0. The van der Waals surface area contributed by atoms with Gasteiger partial charge in [0.05, 0.1) is 0 Å². The lowest BCUT2D eigenvalue weighted by atomic mass is 10.1. The predicted octanol–water partition coefficient (Wildman–Crippen LogP) is 2.76. The van der Waals surface area contributed by atoms with E-state index in [-0.39, 0.29) is 17.7 Å². The molecule has 0 N–H and O–H groups in total. The minimum absolute atomic E-state index is 0.210. The summed E-state index contributed by atoms with van der Waals surface area (Å²) in [6.07, 6.45) is 8.00. The van der Waals surface area contributed by atoms with E-state index in [4.69, 9.17) is 0 Å². The third-order valence-corrected chi connectivity index (χ3v) is 4.20. The summed E-state index contributed by atoms with van der Waals surface area (Å²) in [5, 5.41) is 0. The lowest BCUT2D eigenvalue weighted by Gasteiger charge is -2.16. The lowest BCUT2D eigenvalue weighted by Crippen LogP contribution is -2.30. The van der Waals surface area contributed by atoms with Gasteiger partial charge in [-0.1, -0.05) is 33.6 Å². The van der Waals surface area contributed by atoms with E-state index in [1.165, 1.54) is 17.1 Å². The van der Waals surface area contributed by atoms with Gasteiger partial charge in [0.1, 0.15) is 0 Å². The smallest absolute Gasteiger partial charge is 0.253 e. The third-order valence-electron chi connectivity index (χ3n) is 4.20. The maximum Gasteiger partial charge on any atom is 0.253 e. The summed E-state index contributed by atoms with van der Waals surface area (Å²) in [7, 11) is 0. The highest BCUT2D eigenvalue weighted by atomic mass is 16.2. The zero-order valence-corrected chi connectivity index (χ0v) is 14.7. The molecular formula is C18H30N2O3. The Labute approximate surface area is 139 Å². The molecule has 2 aliphatic heterocycles. The molecule has 0 aromatic heterocycles. The first-order chi connectivity index (χ1) is 11.1. The standard InChI is InChI=1S/C16H24N2O3.C2H6/c1-13-9-11-17(12-13)14(19)6-4-2-3-5-10-18-15(20)7-8-16(18)21;1-2/h7-8,13H,2-6,9-12H2,1H3;1-2H3. The molecule has 0 radical (unpaired) electrons. The van der Waals surface area contributed by atoms with Crippen LogP contribution in [-0.2, 0) is 14.4 Å². The van der Waals surface area contributed by atoms with Crippen LogP contribution in [0.1, 0.15) is 59.3 Å². The van der Waals surface area contributed by atoms with Crippen LogP contribution in [0.5, 0.6) is 0 Å². The van der Waals surface area contributed by atoms with E-state index in [0.717, 1.165) is 45.2 Å². The molecule has 130 valence electrons. The largest absolute Gasteiger partial charge is 0.342 e. The molecule has 5 heteroatoms.